The van der Waals surface area contributed by atoms with Crippen LogP contribution < -0.4 is 4.74 Å². The molecular formula is C16H12ClFO4. The molecule has 0 aliphatic carbocycles. The minimum atomic E-state index is -0.699. The molecule has 0 radical (unpaired) electrons. The second-order valence-corrected chi connectivity index (χ2v) is 4.72. The summed E-state index contributed by atoms with van der Waals surface area (Å²) in [5, 5.41) is 0.373. The van der Waals surface area contributed by atoms with E-state index in [0.717, 1.165) is 12.1 Å². The zero-order valence-corrected chi connectivity index (χ0v) is 12.2. The second-order valence-electron chi connectivity index (χ2n) is 4.31. The zero-order chi connectivity index (χ0) is 15.9. The molecule has 22 heavy (non-hydrogen) atoms. The number of esters is 1. The van der Waals surface area contributed by atoms with Crippen LogP contribution in [-0.4, -0.2) is 25.0 Å². The molecule has 0 aliphatic heterocycles. The molecule has 0 fully saturated rings. The first-order valence-electron chi connectivity index (χ1n) is 6.38. The monoisotopic (exact) mass is 322 g/mol. The molecule has 0 spiro atoms. The molecule has 0 aromatic heterocycles. The Morgan fingerprint density at radius 3 is 2.36 bits per heavy atom. The normalized spacial score (nSPS) is 10.1. The molecule has 2 aromatic carbocycles. The van der Waals surface area contributed by atoms with E-state index in [4.69, 9.17) is 21.1 Å². The summed E-state index contributed by atoms with van der Waals surface area (Å²) in [7, 11) is 0. The Kier molecular flexibility index (Phi) is 5.49. The summed E-state index contributed by atoms with van der Waals surface area (Å²) in [6.45, 7) is -0.795. The number of carbonyl (C=O) groups excluding carboxylic acids is 2. The van der Waals surface area contributed by atoms with E-state index in [2.05, 4.69) is 0 Å². The van der Waals surface area contributed by atoms with Gasteiger partial charge in [0.05, 0.1) is 5.02 Å². The Morgan fingerprint density at radius 1 is 1.00 bits per heavy atom. The maximum atomic E-state index is 12.7. The first-order valence-corrected chi connectivity index (χ1v) is 6.76. The summed E-state index contributed by atoms with van der Waals surface area (Å²) < 4.78 is 22.7. The van der Waals surface area contributed by atoms with Crippen LogP contribution in [0.1, 0.15) is 10.4 Å². The van der Waals surface area contributed by atoms with Crippen molar-refractivity contribution in [1.29, 1.82) is 0 Å². The van der Waals surface area contributed by atoms with Crippen LogP contribution in [0.5, 0.6) is 5.75 Å². The van der Waals surface area contributed by atoms with Crippen LogP contribution in [0.3, 0.4) is 0 Å². The maximum absolute atomic E-state index is 12.7. The van der Waals surface area contributed by atoms with Crippen LogP contribution >= 0.6 is 11.6 Å². The van der Waals surface area contributed by atoms with Crippen molar-refractivity contribution in [3.05, 3.63) is 64.9 Å². The Bertz CT molecular complexity index is 670. The lowest BCUT2D eigenvalue weighted by Gasteiger charge is -2.07. The first-order chi connectivity index (χ1) is 10.6. The molecule has 0 unspecified atom stereocenters. The summed E-state index contributed by atoms with van der Waals surface area (Å²) in [5.74, 6) is -1.21. The van der Waals surface area contributed by atoms with Crippen LogP contribution in [0.4, 0.5) is 4.39 Å². The smallest absolute Gasteiger partial charge is 0.344 e. The number of rotatable bonds is 6. The van der Waals surface area contributed by atoms with Gasteiger partial charge in [0.15, 0.2) is 19.0 Å². The highest BCUT2D eigenvalue weighted by molar-refractivity contribution is 6.32. The van der Waals surface area contributed by atoms with Crippen molar-refractivity contribution in [1.82, 2.24) is 0 Å². The van der Waals surface area contributed by atoms with Crippen LogP contribution in [0.15, 0.2) is 48.5 Å². The Morgan fingerprint density at radius 2 is 1.68 bits per heavy atom. The third-order valence-corrected chi connectivity index (χ3v) is 3.02. The fourth-order valence-corrected chi connectivity index (χ4v) is 1.80. The predicted octanol–water partition coefficient (Wildman–Crippen LogP) is 3.28. The van der Waals surface area contributed by atoms with Gasteiger partial charge in [-0.25, -0.2) is 9.18 Å². The zero-order valence-electron chi connectivity index (χ0n) is 11.4. The number of ketones is 1. The molecule has 0 saturated heterocycles. The lowest BCUT2D eigenvalue weighted by molar-refractivity contribution is -0.144. The molecule has 0 atom stereocenters. The van der Waals surface area contributed by atoms with Gasteiger partial charge in [0.2, 0.25) is 0 Å². The van der Waals surface area contributed by atoms with E-state index in [1.807, 2.05) is 0 Å². The summed E-state index contributed by atoms with van der Waals surface area (Å²) in [6, 6.07) is 11.7. The molecule has 0 saturated carbocycles. The van der Waals surface area contributed by atoms with Crippen LogP contribution in [-0.2, 0) is 9.53 Å². The highest BCUT2D eigenvalue weighted by Crippen LogP contribution is 2.22. The van der Waals surface area contributed by atoms with Gasteiger partial charge in [-0.05, 0) is 36.4 Å². The number of hydrogen-bond donors (Lipinski definition) is 0. The fraction of sp³-hybridized carbons (Fsp3) is 0.125. The van der Waals surface area contributed by atoms with Crippen LogP contribution in [0.25, 0.3) is 0 Å². The predicted molar refractivity (Wildman–Crippen MR) is 78.6 cm³/mol. The van der Waals surface area contributed by atoms with Gasteiger partial charge in [0.1, 0.15) is 11.6 Å². The SMILES string of the molecule is O=C(COc1ccccc1Cl)OCC(=O)c1ccc(F)cc1. The van der Waals surface area contributed by atoms with E-state index in [1.165, 1.54) is 12.1 Å². The molecule has 0 heterocycles. The third-order valence-electron chi connectivity index (χ3n) is 2.71. The minimum absolute atomic E-state index is 0.265. The summed E-state index contributed by atoms with van der Waals surface area (Å²) in [6.07, 6.45) is 0. The molecule has 114 valence electrons. The standard InChI is InChI=1S/C16H12ClFO4/c17-13-3-1-2-4-15(13)21-10-16(20)22-9-14(19)11-5-7-12(18)8-6-11/h1-8H,9-10H2. The van der Waals surface area contributed by atoms with Crippen molar-refractivity contribution < 1.29 is 23.5 Å². The Hall–Kier alpha value is -2.40. The van der Waals surface area contributed by atoms with Gasteiger partial charge in [-0.15, -0.1) is 0 Å². The molecule has 0 aliphatic rings. The number of halogens is 2. The lowest BCUT2D eigenvalue weighted by Crippen LogP contribution is -2.19. The highest BCUT2D eigenvalue weighted by Gasteiger charge is 2.11. The van der Waals surface area contributed by atoms with Gasteiger partial charge in [0.25, 0.3) is 0 Å². The number of carbonyl (C=O) groups is 2. The molecular weight excluding hydrogens is 311 g/mol. The number of para-hydroxylation sites is 1. The molecule has 4 nitrogen and oxygen atoms in total. The van der Waals surface area contributed by atoms with Gasteiger partial charge >= 0.3 is 5.97 Å². The van der Waals surface area contributed by atoms with Crippen molar-refractivity contribution in [2.75, 3.05) is 13.2 Å². The molecule has 0 bridgehead atoms. The van der Waals surface area contributed by atoms with Crippen LogP contribution in [0.2, 0.25) is 5.02 Å². The minimum Gasteiger partial charge on any atom is -0.480 e. The van der Waals surface area contributed by atoms with E-state index < -0.39 is 24.2 Å². The van der Waals surface area contributed by atoms with Gasteiger partial charge in [-0.1, -0.05) is 23.7 Å². The van der Waals surface area contributed by atoms with Crippen molar-refractivity contribution in [3.8, 4) is 5.75 Å². The van der Waals surface area contributed by atoms with Gasteiger partial charge in [-0.2, -0.15) is 0 Å². The molecule has 0 N–H and O–H groups in total. The summed E-state index contributed by atoms with van der Waals surface area (Å²) >= 11 is 5.87. The third kappa shape index (κ3) is 4.56. The van der Waals surface area contributed by atoms with Crippen molar-refractivity contribution >= 4 is 23.4 Å². The van der Waals surface area contributed by atoms with Crippen molar-refractivity contribution in [2.24, 2.45) is 0 Å². The average Bonchev–Trinajstić information content (AvgIpc) is 2.52. The Balaban J connectivity index is 1.79. The van der Waals surface area contributed by atoms with E-state index in [9.17, 15) is 14.0 Å². The van der Waals surface area contributed by atoms with E-state index in [0.29, 0.717) is 10.8 Å². The summed E-state index contributed by atoms with van der Waals surface area (Å²) in [5.41, 5.74) is 0.265. The van der Waals surface area contributed by atoms with E-state index in [1.54, 1.807) is 24.3 Å². The summed E-state index contributed by atoms with van der Waals surface area (Å²) in [4.78, 5) is 23.2. The lowest BCUT2D eigenvalue weighted by atomic mass is 10.1. The molecule has 0 amide bonds. The van der Waals surface area contributed by atoms with Crippen molar-refractivity contribution in [2.45, 2.75) is 0 Å². The number of benzene rings is 2. The fourth-order valence-electron chi connectivity index (χ4n) is 1.61. The molecule has 2 aromatic rings. The van der Waals surface area contributed by atoms with Gasteiger partial charge < -0.3 is 9.47 Å². The average molecular weight is 323 g/mol. The Labute approximate surface area is 131 Å². The topological polar surface area (TPSA) is 52.6 Å². The van der Waals surface area contributed by atoms with E-state index >= 15 is 0 Å². The highest BCUT2D eigenvalue weighted by atomic mass is 35.5. The number of Topliss-reactive ketones (excluding diaryl/α,β-unsaturated/α-hetero) is 1. The van der Waals surface area contributed by atoms with Gasteiger partial charge in [-0.3, -0.25) is 4.79 Å². The first kappa shape index (κ1) is 16.0. The molecule has 2 rings (SSSR count). The van der Waals surface area contributed by atoms with E-state index in [-0.39, 0.29) is 12.2 Å². The largest absolute Gasteiger partial charge is 0.480 e. The maximum Gasteiger partial charge on any atom is 0.344 e. The van der Waals surface area contributed by atoms with Crippen LogP contribution in [0, 0.1) is 5.82 Å². The second kappa shape index (κ2) is 7.56. The number of hydrogen-bond acceptors (Lipinski definition) is 4. The van der Waals surface area contributed by atoms with Crippen molar-refractivity contribution in [3.63, 3.8) is 0 Å². The quantitative estimate of drug-likeness (QED) is 0.605. The van der Waals surface area contributed by atoms with Gasteiger partial charge in [0, 0.05) is 5.56 Å². The number of ether oxygens (including phenoxy) is 2. The molecule has 6 heteroatoms.